The lowest BCUT2D eigenvalue weighted by Crippen LogP contribution is -2.33. The van der Waals surface area contributed by atoms with E-state index in [9.17, 15) is 0 Å². The lowest BCUT2D eigenvalue weighted by atomic mass is 10.0. The first kappa shape index (κ1) is 8.52. The van der Waals surface area contributed by atoms with Crippen LogP contribution in [0.5, 0.6) is 0 Å². The largest absolute Gasteiger partial charge is 0.349 e. The maximum atomic E-state index is 5.78. The van der Waals surface area contributed by atoms with Gasteiger partial charge in [0.2, 0.25) is 0 Å². The Balaban J connectivity index is 2.24. The van der Waals surface area contributed by atoms with Crippen LogP contribution < -0.4 is 0 Å². The van der Waals surface area contributed by atoms with Crippen LogP contribution in [0, 0.1) is 10.8 Å². The van der Waals surface area contributed by atoms with Gasteiger partial charge >= 0.3 is 0 Å². The van der Waals surface area contributed by atoms with E-state index in [1.807, 2.05) is 0 Å². The van der Waals surface area contributed by atoms with Crippen molar-refractivity contribution in [1.82, 2.24) is 0 Å². The van der Waals surface area contributed by atoms with E-state index in [1.54, 1.807) is 0 Å². The molecule has 2 rings (SSSR count). The lowest BCUT2D eigenvalue weighted by Gasteiger charge is -2.27. The molecule has 0 aromatic rings. The Hall–Kier alpha value is -0.0800. The molecule has 0 atom stereocenters. The predicted molar refractivity (Wildman–Crippen MR) is 46.8 cm³/mol. The molecule has 0 aromatic carbocycles. The van der Waals surface area contributed by atoms with Crippen molar-refractivity contribution in [2.24, 2.45) is 10.8 Å². The van der Waals surface area contributed by atoms with Crippen molar-refractivity contribution < 1.29 is 9.47 Å². The zero-order valence-corrected chi connectivity index (χ0v) is 8.44. The van der Waals surface area contributed by atoms with Crippen LogP contribution in [0.4, 0.5) is 0 Å². The van der Waals surface area contributed by atoms with Crippen molar-refractivity contribution in [3.8, 4) is 0 Å². The minimum absolute atomic E-state index is 0.167. The second kappa shape index (κ2) is 2.05. The summed E-state index contributed by atoms with van der Waals surface area (Å²) in [6, 6.07) is 0. The van der Waals surface area contributed by atoms with Crippen LogP contribution in [0.3, 0.4) is 0 Å². The zero-order chi connectivity index (χ0) is 9.04. The van der Waals surface area contributed by atoms with E-state index in [2.05, 4.69) is 27.7 Å². The number of ether oxygens (including phenoxy) is 2. The van der Waals surface area contributed by atoms with Crippen LogP contribution in [0.15, 0.2) is 0 Å². The molecule has 2 aliphatic rings. The second-order valence-electron chi connectivity index (χ2n) is 4.92. The minimum Gasteiger partial charge on any atom is -0.349 e. The van der Waals surface area contributed by atoms with E-state index in [0.29, 0.717) is 0 Å². The molecular formula is C10H18O2. The molecular weight excluding hydrogens is 152 g/mol. The van der Waals surface area contributed by atoms with Gasteiger partial charge in [-0.05, 0) is 6.42 Å². The molecule has 0 radical (unpaired) electrons. The molecule has 1 spiro atoms. The average Bonchev–Trinajstić information content (AvgIpc) is 2.33. The van der Waals surface area contributed by atoms with Crippen LogP contribution in [0.1, 0.15) is 34.1 Å². The highest BCUT2D eigenvalue weighted by molar-refractivity contribution is 5.22. The fourth-order valence-electron chi connectivity index (χ4n) is 2.46. The monoisotopic (exact) mass is 170 g/mol. The van der Waals surface area contributed by atoms with Gasteiger partial charge in [0.25, 0.3) is 0 Å². The Bertz CT molecular complexity index is 184. The van der Waals surface area contributed by atoms with Gasteiger partial charge in [0.05, 0.1) is 13.2 Å². The summed E-state index contributed by atoms with van der Waals surface area (Å²) in [5, 5.41) is 0. The Kier molecular flexibility index (Phi) is 1.45. The van der Waals surface area contributed by atoms with E-state index in [4.69, 9.17) is 9.47 Å². The molecule has 0 N–H and O–H groups in total. The molecule has 1 aliphatic heterocycles. The molecule has 0 bridgehead atoms. The van der Waals surface area contributed by atoms with Gasteiger partial charge in [-0.15, -0.1) is 0 Å². The summed E-state index contributed by atoms with van der Waals surface area (Å²) in [5.74, 6) is -0.280. The molecule has 2 fully saturated rings. The molecule has 2 nitrogen and oxygen atoms in total. The van der Waals surface area contributed by atoms with E-state index in [-0.39, 0.29) is 16.6 Å². The molecule has 12 heavy (non-hydrogen) atoms. The maximum absolute atomic E-state index is 5.78. The average molecular weight is 170 g/mol. The van der Waals surface area contributed by atoms with Crippen molar-refractivity contribution >= 4 is 0 Å². The summed E-state index contributed by atoms with van der Waals surface area (Å²) in [6.45, 7) is 10.6. The fourth-order valence-corrected chi connectivity index (χ4v) is 2.46. The molecule has 70 valence electrons. The number of hydrogen-bond acceptors (Lipinski definition) is 2. The lowest BCUT2D eigenvalue weighted by molar-refractivity contribution is -0.233. The highest BCUT2D eigenvalue weighted by Gasteiger charge is 2.81. The third kappa shape index (κ3) is 0.647. The van der Waals surface area contributed by atoms with Crippen molar-refractivity contribution in [3.05, 3.63) is 0 Å². The summed E-state index contributed by atoms with van der Waals surface area (Å²) in [7, 11) is 0. The molecule has 0 aromatic heterocycles. The van der Waals surface area contributed by atoms with Crippen LogP contribution in [-0.2, 0) is 9.47 Å². The van der Waals surface area contributed by atoms with E-state index >= 15 is 0 Å². The van der Waals surface area contributed by atoms with Crippen LogP contribution in [-0.4, -0.2) is 19.0 Å². The predicted octanol–water partition coefficient (Wildman–Crippen LogP) is 2.19. The molecule has 1 heterocycles. The van der Waals surface area contributed by atoms with Crippen LogP contribution in [0.25, 0.3) is 0 Å². The SMILES string of the molecule is CC1(C)C(C)(C)C12OCCCO2. The Morgan fingerprint density at radius 2 is 1.25 bits per heavy atom. The molecule has 1 saturated heterocycles. The van der Waals surface area contributed by atoms with Gasteiger partial charge in [0.1, 0.15) is 0 Å². The van der Waals surface area contributed by atoms with Gasteiger partial charge in [-0.2, -0.15) is 0 Å². The van der Waals surface area contributed by atoms with Crippen LogP contribution in [0.2, 0.25) is 0 Å². The third-order valence-electron chi connectivity index (χ3n) is 4.04. The molecule has 2 heteroatoms. The summed E-state index contributed by atoms with van der Waals surface area (Å²) < 4.78 is 11.6. The summed E-state index contributed by atoms with van der Waals surface area (Å²) in [5.41, 5.74) is 0.334. The Labute approximate surface area is 74.2 Å². The van der Waals surface area contributed by atoms with Gasteiger partial charge < -0.3 is 9.47 Å². The van der Waals surface area contributed by atoms with E-state index < -0.39 is 0 Å². The van der Waals surface area contributed by atoms with Crippen molar-refractivity contribution in [3.63, 3.8) is 0 Å². The van der Waals surface area contributed by atoms with Gasteiger partial charge in [0, 0.05) is 10.8 Å². The van der Waals surface area contributed by atoms with Gasteiger partial charge in [-0.25, -0.2) is 0 Å². The summed E-state index contributed by atoms with van der Waals surface area (Å²) >= 11 is 0. The topological polar surface area (TPSA) is 18.5 Å². The standard InChI is InChI=1S/C10H18O2/c1-8(2)9(3,4)10(8)11-6-5-7-12-10/h5-7H2,1-4H3. The van der Waals surface area contributed by atoms with Crippen molar-refractivity contribution in [2.75, 3.05) is 13.2 Å². The van der Waals surface area contributed by atoms with E-state index in [1.165, 1.54) is 0 Å². The summed E-state index contributed by atoms with van der Waals surface area (Å²) in [6.07, 6.45) is 1.04. The summed E-state index contributed by atoms with van der Waals surface area (Å²) in [4.78, 5) is 0. The quantitative estimate of drug-likeness (QED) is 0.555. The van der Waals surface area contributed by atoms with Crippen LogP contribution >= 0.6 is 0 Å². The van der Waals surface area contributed by atoms with Gasteiger partial charge in [-0.1, -0.05) is 27.7 Å². The first-order valence-corrected chi connectivity index (χ1v) is 4.74. The molecule has 0 unspecified atom stereocenters. The Morgan fingerprint density at radius 1 is 0.833 bits per heavy atom. The highest BCUT2D eigenvalue weighted by atomic mass is 16.7. The Morgan fingerprint density at radius 3 is 1.50 bits per heavy atom. The van der Waals surface area contributed by atoms with Crippen molar-refractivity contribution in [2.45, 2.75) is 39.9 Å². The minimum atomic E-state index is -0.280. The van der Waals surface area contributed by atoms with E-state index in [0.717, 1.165) is 19.6 Å². The second-order valence-corrected chi connectivity index (χ2v) is 4.92. The molecule has 1 aliphatic carbocycles. The smallest absolute Gasteiger partial charge is 0.179 e. The molecule has 1 saturated carbocycles. The number of rotatable bonds is 0. The first-order valence-electron chi connectivity index (χ1n) is 4.74. The maximum Gasteiger partial charge on any atom is 0.179 e. The zero-order valence-electron chi connectivity index (χ0n) is 8.44. The normalized spacial score (nSPS) is 35.0. The molecule has 0 amide bonds. The van der Waals surface area contributed by atoms with Gasteiger partial charge in [-0.3, -0.25) is 0 Å². The van der Waals surface area contributed by atoms with Crippen molar-refractivity contribution in [1.29, 1.82) is 0 Å². The first-order chi connectivity index (χ1) is 5.46. The fraction of sp³-hybridized carbons (Fsp3) is 1.00. The third-order valence-corrected chi connectivity index (χ3v) is 4.04. The number of hydrogen-bond donors (Lipinski definition) is 0. The highest BCUT2D eigenvalue weighted by Crippen LogP contribution is 2.74. The van der Waals surface area contributed by atoms with Gasteiger partial charge in [0.15, 0.2) is 5.79 Å².